The van der Waals surface area contributed by atoms with Gasteiger partial charge in [-0.15, -0.1) is 0 Å². The highest BCUT2D eigenvalue weighted by Gasteiger charge is 2.40. The summed E-state index contributed by atoms with van der Waals surface area (Å²) in [7, 11) is 0. The lowest BCUT2D eigenvalue weighted by Crippen LogP contribution is -2.48. The number of carbonyl (C=O) groups excluding carboxylic acids is 1. The van der Waals surface area contributed by atoms with Crippen LogP contribution < -0.4 is 16.0 Å². The molecule has 2 bridgehead atoms. The molecule has 2 unspecified atom stereocenters. The molecule has 6 nitrogen and oxygen atoms in total. The molecule has 0 spiro atoms. The quantitative estimate of drug-likeness (QED) is 0.867. The van der Waals surface area contributed by atoms with Crippen molar-refractivity contribution in [1.29, 1.82) is 0 Å². The lowest BCUT2D eigenvalue weighted by atomic mass is 9.65. The molecule has 26 heavy (non-hydrogen) atoms. The molecule has 3 fully saturated rings. The van der Waals surface area contributed by atoms with Gasteiger partial charge in [0.1, 0.15) is 5.82 Å². The number of aromatic nitrogens is 1. The molecule has 6 heteroatoms. The van der Waals surface area contributed by atoms with Crippen molar-refractivity contribution < 1.29 is 9.53 Å². The van der Waals surface area contributed by atoms with Crippen LogP contribution in [0.25, 0.3) is 0 Å². The molecule has 1 saturated heterocycles. The summed E-state index contributed by atoms with van der Waals surface area (Å²) in [5.41, 5.74) is 8.05. The lowest BCUT2D eigenvalue weighted by Gasteiger charge is -2.43. The molecular formula is C20H30N4O2. The molecule has 0 aromatic carbocycles. The maximum atomic E-state index is 12.8. The van der Waals surface area contributed by atoms with Crippen LogP contribution in [0.3, 0.4) is 0 Å². The molecule has 2 saturated carbocycles. The van der Waals surface area contributed by atoms with Crippen molar-refractivity contribution in [2.75, 3.05) is 36.5 Å². The normalized spacial score (nSPS) is 31.5. The highest BCUT2D eigenvalue weighted by Crippen LogP contribution is 2.42. The molecule has 2 atom stereocenters. The second kappa shape index (κ2) is 7.53. The summed E-state index contributed by atoms with van der Waals surface area (Å²) in [5, 5.41) is 3.13. The molecule has 1 aliphatic heterocycles. The zero-order chi connectivity index (χ0) is 18.1. The van der Waals surface area contributed by atoms with Gasteiger partial charge in [-0.05, 0) is 56.6 Å². The van der Waals surface area contributed by atoms with Crippen molar-refractivity contribution in [3.63, 3.8) is 0 Å². The predicted molar refractivity (Wildman–Crippen MR) is 102 cm³/mol. The van der Waals surface area contributed by atoms with E-state index in [2.05, 4.69) is 10.2 Å². The number of pyridine rings is 1. The third-order valence-corrected chi connectivity index (χ3v) is 6.45. The zero-order valence-corrected chi connectivity index (χ0v) is 15.6. The fourth-order valence-electron chi connectivity index (χ4n) is 4.89. The van der Waals surface area contributed by atoms with Gasteiger partial charge in [0.15, 0.2) is 0 Å². The van der Waals surface area contributed by atoms with Gasteiger partial charge in [0.2, 0.25) is 5.91 Å². The largest absolute Gasteiger partial charge is 0.378 e. The van der Waals surface area contributed by atoms with Gasteiger partial charge >= 0.3 is 0 Å². The number of hydrogen-bond donors (Lipinski definition) is 2. The fourth-order valence-corrected chi connectivity index (χ4v) is 4.89. The highest BCUT2D eigenvalue weighted by molar-refractivity contribution is 5.93. The van der Waals surface area contributed by atoms with Gasteiger partial charge in [0.25, 0.3) is 0 Å². The number of fused-ring (bicyclic) bond motifs is 2. The standard InChI is InChI=1S/C20H30N4O2/c1-13-17(5-6-18(22-13)24-7-9-26-10-8-24)23-20(25)16-11-14-3-2-4-15(12-16)19(14)21/h5-6,14-16,19H,2-4,7-12,21H2,1H3,(H,23,25). The molecule has 2 aliphatic carbocycles. The Labute approximate surface area is 155 Å². The minimum atomic E-state index is 0.0865. The molecule has 1 amide bonds. The summed E-state index contributed by atoms with van der Waals surface area (Å²) in [6.07, 6.45) is 5.49. The van der Waals surface area contributed by atoms with Gasteiger partial charge in [-0.1, -0.05) is 6.42 Å². The van der Waals surface area contributed by atoms with Crippen molar-refractivity contribution in [1.82, 2.24) is 4.98 Å². The fraction of sp³-hybridized carbons (Fsp3) is 0.700. The van der Waals surface area contributed by atoms with Crippen LogP contribution in [0.2, 0.25) is 0 Å². The van der Waals surface area contributed by atoms with Crippen molar-refractivity contribution in [3.8, 4) is 0 Å². The van der Waals surface area contributed by atoms with Crippen LogP contribution in [0, 0.1) is 24.7 Å². The van der Waals surface area contributed by atoms with Crippen LogP contribution in [-0.2, 0) is 9.53 Å². The van der Waals surface area contributed by atoms with Gasteiger partial charge in [-0.2, -0.15) is 0 Å². The van der Waals surface area contributed by atoms with Crippen molar-refractivity contribution >= 4 is 17.4 Å². The Kier molecular flexibility index (Phi) is 5.14. The maximum Gasteiger partial charge on any atom is 0.227 e. The first kappa shape index (κ1) is 17.7. The highest BCUT2D eigenvalue weighted by atomic mass is 16.5. The Morgan fingerprint density at radius 3 is 2.58 bits per heavy atom. The molecule has 0 radical (unpaired) electrons. The first-order valence-electron chi connectivity index (χ1n) is 9.98. The second-order valence-electron chi connectivity index (χ2n) is 8.09. The molecule has 2 heterocycles. The van der Waals surface area contributed by atoms with Crippen molar-refractivity contribution in [2.45, 2.75) is 45.1 Å². The van der Waals surface area contributed by atoms with Crippen LogP contribution in [0.15, 0.2) is 12.1 Å². The Bertz CT molecular complexity index is 645. The lowest BCUT2D eigenvalue weighted by molar-refractivity contribution is -0.122. The summed E-state index contributed by atoms with van der Waals surface area (Å²) in [6.45, 7) is 5.17. The molecular weight excluding hydrogens is 328 g/mol. The number of morpholine rings is 1. The van der Waals surface area contributed by atoms with Gasteiger partial charge in [-0.3, -0.25) is 4.79 Å². The van der Waals surface area contributed by atoms with E-state index >= 15 is 0 Å². The van der Waals surface area contributed by atoms with E-state index in [0.717, 1.165) is 56.3 Å². The third-order valence-electron chi connectivity index (χ3n) is 6.45. The van der Waals surface area contributed by atoms with E-state index in [9.17, 15) is 4.79 Å². The topological polar surface area (TPSA) is 80.5 Å². The number of nitrogens with zero attached hydrogens (tertiary/aromatic N) is 2. The summed E-state index contributed by atoms with van der Waals surface area (Å²) in [5.74, 6) is 2.21. The van der Waals surface area contributed by atoms with Crippen LogP contribution >= 0.6 is 0 Å². The van der Waals surface area contributed by atoms with Gasteiger partial charge < -0.3 is 20.7 Å². The number of aryl methyl sites for hydroxylation is 1. The van der Waals surface area contributed by atoms with E-state index in [-0.39, 0.29) is 11.8 Å². The predicted octanol–water partition coefficient (Wildman–Crippen LogP) is 2.32. The van der Waals surface area contributed by atoms with Gasteiger partial charge in [0, 0.05) is 25.0 Å². The average molecular weight is 358 g/mol. The molecule has 142 valence electrons. The first-order valence-corrected chi connectivity index (χ1v) is 9.98. The third kappa shape index (κ3) is 3.58. The van der Waals surface area contributed by atoms with E-state index < -0.39 is 0 Å². The van der Waals surface area contributed by atoms with Crippen molar-refractivity contribution in [3.05, 3.63) is 17.8 Å². The van der Waals surface area contributed by atoms with Crippen LogP contribution in [-0.4, -0.2) is 43.2 Å². The molecule has 4 rings (SSSR count). The Hall–Kier alpha value is -1.66. The Morgan fingerprint density at radius 2 is 1.92 bits per heavy atom. The molecule has 1 aromatic heterocycles. The Balaban J connectivity index is 1.41. The second-order valence-corrected chi connectivity index (χ2v) is 8.09. The van der Waals surface area contributed by atoms with E-state index in [1.165, 1.54) is 19.3 Å². The van der Waals surface area contributed by atoms with E-state index in [0.29, 0.717) is 17.9 Å². The SMILES string of the molecule is Cc1nc(N2CCOCC2)ccc1NC(=O)C1CC2CCCC(C1)C2N. The number of carbonyl (C=O) groups is 1. The van der Waals surface area contributed by atoms with Crippen LogP contribution in [0.5, 0.6) is 0 Å². The van der Waals surface area contributed by atoms with Crippen molar-refractivity contribution in [2.24, 2.45) is 23.5 Å². The summed E-state index contributed by atoms with van der Waals surface area (Å²) in [6, 6.07) is 4.28. The van der Waals surface area contributed by atoms with Gasteiger partial charge in [-0.25, -0.2) is 4.98 Å². The number of hydrogen-bond acceptors (Lipinski definition) is 5. The van der Waals surface area contributed by atoms with Gasteiger partial charge in [0.05, 0.1) is 24.6 Å². The minimum absolute atomic E-state index is 0.0865. The number of ether oxygens (including phenoxy) is 1. The summed E-state index contributed by atoms with van der Waals surface area (Å²) >= 11 is 0. The summed E-state index contributed by atoms with van der Waals surface area (Å²) in [4.78, 5) is 19.8. The van der Waals surface area contributed by atoms with Crippen LogP contribution in [0.4, 0.5) is 11.5 Å². The first-order chi connectivity index (χ1) is 12.6. The monoisotopic (exact) mass is 358 g/mol. The Morgan fingerprint density at radius 1 is 1.23 bits per heavy atom. The smallest absolute Gasteiger partial charge is 0.227 e. The maximum absolute atomic E-state index is 12.8. The zero-order valence-electron chi connectivity index (χ0n) is 15.6. The average Bonchev–Trinajstić information content (AvgIpc) is 2.64. The number of anilines is 2. The number of rotatable bonds is 3. The minimum Gasteiger partial charge on any atom is -0.378 e. The molecule has 1 aromatic rings. The number of nitrogens with two attached hydrogens (primary N) is 1. The molecule has 3 aliphatic rings. The number of amides is 1. The van der Waals surface area contributed by atoms with E-state index in [1.54, 1.807) is 0 Å². The van der Waals surface area contributed by atoms with Crippen LogP contribution in [0.1, 0.15) is 37.8 Å². The van der Waals surface area contributed by atoms with E-state index in [4.69, 9.17) is 15.5 Å². The van der Waals surface area contributed by atoms with E-state index in [1.807, 2.05) is 19.1 Å². The number of nitrogens with one attached hydrogen (secondary N) is 1. The molecule has 3 N–H and O–H groups in total. The summed E-state index contributed by atoms with van der Waals surface area (Å²) < 4.78 is 5.40.